The van der Waals surface area contributed by atoms with Crippen LogP contribution in [0.1, 0.15) is 25.7 Å². The smallest absolute Gasteiger partial charge is 0.252 e. The number of nitrogens with zero attached hydrogens (tertiary/aromatic N) is 1. The lowest BCUT2D eigenvalue weighted by atomic mass is 10.0. The van der Waals surface area contributed by atoms with Crippen LogP contribution in [-0.2, 0) is 14.8 Å². The van der Waals surface area contributed by atoms with E-state index in [9.17, 15) is 17.6 Å². The molecule has 26 heavy (non-hydrogen) atoms. The molecule has 5 nitrogen and oxygen atoms in total. The Kier molecular flexibility index (Phi) is 5.96. The van der Waals surface area contributed by atoms with E-state index >= 15 is 0 Å². The van der Waals surface area contributed by atoms with E-state index in [1.807, 2.05) is 0 Å². The van der Waals surface area contributed by atoms with Crippen molar-refractivity contribution in [1.82, 2.24) is 4.31 Å². The van der Waals surface area contributed by atoms with Crippen molar-refractivity contribution in [2.75, 3.05) is 11.9 Å². The highest BCUT2D eigenvalue weighted by atomic mass is 35.5. The highest BCUT2D eigenvalue weighted by Gasteiger charge is 2.35. The molecule has 1 saturated heterocycles. The standard InChI is InChI=1S/C17H18ClFN2O3S2/c18-14-10-12(6-7-15(14)19)20-16(22)11-13-4-1-2-8-21(13)26(23,24)17-5-3-9-25-17/h3,5-7,9-10,13H,1-2,4,8,11H2,(H,20,22)/t13-/m0/s1. The van der Waals surface area contributed by atoms with E-state index in [0.717, 1.165) is 12.8 Å². The molecule has 1 aliphatic rings. The zero-order valence-electron chi connectivity index (χ0n) is 13.8. The van der Waals surface area contributed by atoms with Crippen LogP contribution in [0.4, 0.5) is 10.1 Å². The van der Waals surface area contributed by atoms with Crippen LogP contribution in [0.2, 0.25) is 5.02 Å². The molecular formula is C17H18ClFN2O3S2. The fourth-order valence-corrected chi connectivity index (χ4v) is 6.01. The lowest BCUT2D eigenvalue weighted by molar-refractivity contribution is -0.117. The van der Waals surface area contributed by atoms with Gasteiger partial charge >= 0.3 is 0 Å². The fourth-order valence-electron chi connectivity index (χ4n) is 3.02. The summed E-state index contributed by atoms with van der Waals surface area (Å²) >= 11 is 6.89. The second kappa shape index (κ2) is 8.04. The Morgan fingerprint density at radius 3 is 2.85 bits per heavy atom. The van der Waals surface area contributed by atoms with Crippen molar-refractivity contribution in [3.05, 3.63) is 46.6 Å². The number of anilines is 1. The predicted octanol–water partition coefficient (Wildman–Crippen LogP) is 4.11. The van der Waals surface area contributed by atoms with Gasteiger partial charge in [-0.3, -0.25) is 4.79 Å². The van der Waals surface area contributed by atoms with Gasteiger partial charge in [0.2, 0.25) is 5.91 Å². The lowest BCUT2D eigenvalue weighted by Gasteiger charge is -2.34. The van der Waals surface area contributed by atoms with E-state index in [0.29, 0.717) is 18.7 Å². The Bertz CT molecular complexity index is 887. The van der Waals surface area contributed by atoms with E-state index in [1.165, 1.54) is 33.8 Å². The molecule has 0 saturated carbocycles. The van der Waals surface area contributed by atoms with Crippen molar-refractivity contribution in [2.45, 2.75) is 35.9 Å². The van der Waals surface area contributed by atoms with Crippen LogP contribution in [0.15, 0.2) is 39.9 Å². The van der Waals surface area contributed by atoms with Crippen LogP contribution in [0.25, 0.3) is 0 Å². The Morgan fingerprint density at radius 1 is 1.35 bits per heavy atom. The zero-order valence-corrected chi connectivity index (χ0v) is 16.2. The Labute approximate surface area is 160 Å². The molecule has 0 spiro atoms. The number of amides is 1. The summed E-state index contributed by atoms with van der Waals surface area (Å²) in [4.78, 5) is 12.4. The van der Waals surface area contributed by atoms with Crippen LogP contribution >= 0.6 is 22.9 Å². The SMILES string of the molecule is O=C(C[C@@H]1CCCCN1S(=O)(=O)c1cccs1)Nc1ccc(F)c(Cl)c1. The summed E-state index contributed by atoms with van der Waals surface area (Å²) in [5, 5.41) is 4.29. The number of hydrogen-bond donors (Lipinski definition) is 1. The van der Waals surface area contributed by atoms with Crippen LogP contribution < -0.4 is 5.32 Å². The lowest BCUT2D eigenvalue weighted by Crippen LogP contribution is -2.45. The third kappa shape index (κ3) is 4.25. The summed E-state index contributed by atoms with van der Waals surface area (Å²) in [6.07, 6.45) is 2.31. The average molecular weight is 417 g/mol. The van der Waals surface area contributed by atoms with Crippen molar-refractivity contribution in [1.29, 1.82) is 0 Å². The van der Waals surface area contributed by atoms with Gasteiger partial charge in [0.15, 0.2) is 0 Å². The molecule has 0 aliphatic carbocycles. The molecule has 140 valence electrons. The molecule has 2 heterocycles. The molecule has 0 radical (unpaired) electrons. The van der Waals surface area contributed by atoms with Crippen LogP contribution in [0.5, 0.6) is 0 Å². The second-order valence-corrected chi connectivity index (χ2v) is 9.55. The first-order chi connectivity index (χ1) is 12.4. The maximum Gasteiger partial charge on any atom is 0.252 e. The predicted molar refractivity (Wildman–Crippen MR) is 101 cm³/mol. The van der Waals surface area contributed by atoms with Crippen molar-refractivity contribution < 1.29 is 17.6 Å². The summed E-state index contributed by atoms with van der Waals surface area (Å²) in [5.74, 6) is -0.892. The minimum Gasteiger partial charge on any atom is -0.326 e. The van der Waals surface area contributed by atoms with Crippen LogP contribution in [0.3, 0.4) is 0 Å². The number of rotatable bonds is 5. The summed E-state index contributed by atoms with van der Waals surface area (Å²) < 4.78 is 40.6. The maximum atomic E-state index is 13.2. The topological polar surface area (TPSA) is 66.5 Å². The number of carbonyl (C=O) groups is 1. The average Bonchev–Trinajstić information content (AvgIpc) is 3.14. The number of hydrogen-bond acceptors (Lipinski definition) is 4. The summed E-state index contributed by atoms with van der Waals surface area (Å²) in [6, 6.07) is 6.79. The van der Waals surface area contributed by atoms with Crippen molar-refractivity contribution in [2.24, 2.45) is 0 Å². The number of piperidine rings is 1. The Hall–Kier alpha value is -1.48. The number of sulfonamides is 1. The summed E-state index contributed by atoms with van der Waals surface area (Å²) in [7, 11) is -3.60. The van der Waals surface area contributed by atoms with Gasteiger partial charge in [-0.1, -0.05) is 24.1 Å². The minimum atomic E-state index is -3.60. The van der Waals surface area contributed by atoms with Crippen molar-refractivity contribution in [3.63, 3.8) is 0 Å². The number of thiophene rings is 1. The summed E-state index contributed by atoms with van der Waals surface area (Å²) in [6.45, 7) is 0.403. The Balaban J connectivity index is 1.72. The molecule has 9 heteroatoms. The van der Waals surface area contributed by atoms with E-state index in [2.05, 4.69) is 5.32 Å². The molecule has 3 rings (SSSR count). The number of carbonyl (C=O) groups excluding carboxylic acids is 1. The maximum absolute atomic E-state index is 13.2. The first-order valence-electron chi connectivity index (χ1n) is 8.18. The highest BCUT2D eigenvalue weighted by molar-refractivity contribution is 7.91. The first-order valence-corrected chi connectivity index (χ1v) is 10.9. The van der Waals surface area contributed by atoms with E-state index in [4.69, 9.17) is 11.6 Å². The molecular weight excluding hydrogens is 399 g/mol. The van der Waals surface area contributed by atoms with Crippen molar-refractivity contribution >= 4 is 44.6 Å². The molecule has 1 aromatic heterocycles. The highest BCUT2D eigenvalue weighted by Crippen LogP contribution is 2.29. The quantitative estimate of drug-likeness (QED) is 0.797. The third-order valence-electron chi connectivity index (χ3n) is 4.26. The Morgan fingerprint density at radius 2 is 2.15 bits per heavy atom. The van der Waals surface area contributed by atoms with E-state index in [1.54, 1.807) is 17.5 Å². The van der Waals surface area contributed by atoms with Gasteiger partial charge in [-0.05, 0) is 42.5 Å². The van der Waals surface area contributed by atoms with Gasteiger partial charge in [0, 0.05) is 24.7 Å². The van der Waals surface area contributed by atoms with Crippen LogP contribution in [-0.4, -0.2) is 31.2 Å². The minimum absolute atomic E-state index is 0.0413. The van der Waals surface area contributed by atoms with Crippen LogP contribution in [0, 0.1) is 5.82 Å². The monoisotopic (exact) mass is 416 g/mol. The number of benzene rings is 1. The molecule has 0 bridgehead atoms. The van der Waals surface area contributed by atoms with Gasteiger partial charge < -0.3 is 5.32 Å². The molecule has 2 aromatic rings. The largest absolute Gasteiger partial charge is 0.326 e. The normalized spacial score (nSPS) is 18.6. The van der Waals surface area contributed by atoms with Gasteiger partial charge in [-0.15, -0.1) is 11.3 Å². The zero-order chi connectivity index (χ0) is 18.7. The van der Waals surface area contributed by atoms with Gasteiger partial charge in [0.25, 0.3) is 10.0 Å². The van der Waals surface area contributed by atoms with Gasteiger partial charge in [-0.2, -0.15) is 4.31 Å². The molecule has 1 aliphatic heterocycles. The number of nitrogens with one attached hydrogen (secondary N) is 1. The summed E-state index contributed by atoms with van der Waals surface area (Å²) in [5.41, 5.74) is 0.380. The molecule has 1 N–H and O–H groups in total. The van der Waals surface area contributed by atoms with E-state index in [-0.39, 0.29) is 21.6 Å². The molecule has 0 unspecified atom stereocenters. The molecule has 1 amide bonds. The van der Waals surface area contributed by atoms with E-state index < -0.39 is 21.9 Å². The van der Waals surface area contributed by atoms with Gasteiger partial charge in [0.05, 0.1) is 5.02 Å². The van der Waals surface area contributed by atoms with Gasteiger partial charge in [0.1, 0.15) is 10.0 Å². The fraction of sp³-hybridized carbons (Fsp3) is 0.353. The first kappa shape index (κ1) is 19.3. The van der Waals surface area contributed by atoms with Crippen molar-refractivity contribution in [3.8, 4) is 0 Å². The number of halogens is 2. The molecule has 1 atom stereocenters. The molecule has 1 fully saturated rings. The second-order valence-electron chi connectivity index (χ2n) is 6.08. The molecule has 1 aromatic carbocycles. The van der Waals surface area contributed by atoms with Gasteiger partial charge in [-0.25, -0.2) is 12.8 Å². The third-order valence-corrected chi connectivity index (χ3v) is 7.87.